The van der Waals surface area contributed by atoms with Crippen LogP contribution in [0.3, 0.4) is 0 Å². The fourth-order valence-corrected chi connectivity index (χ4v) is 4.54. The zero-order chi connectivity index (χ0) is 29.7. The second-order valence-corrected chi connectivity index (χ2v) is 10.8. The smallest absolute Gasteiger partial charge is 0.422 e. The van der Waals surface area contributed by atoms with Gasteiger partial charge in [0, 0.05) is 18.7 Å². The average molecular weight is 594 g/mol. The van der Waals surface area contributed by atoms with E-state index in [9.17, 15) is 14.7 Å². The monoisotopic (exact) mass is 593 g/mol. The van der Waals surface area contributed by atoms with Gasteiger partial charge in [-0.25, -0.2) is 14.6 Å². The standard InChI is InChI=1S/C30H35N5O6S/c1-21(2)28-32-24(17-39-28)18-40-30(38)34-35(16-25(36)14-13-22-9-5-3-6-10-22)27(23-11-7-4-8-12-23)33-29(37)41-19-26-15-31-20-42-26/h3-12,15,17,20-21,25,27,36H,13-14,16,18-19H2,1-2H3,(H,33,37)(H,34,38)/t25-,27?/m0/s1. The number of carbonyl (C=O) groups excluding carboxylic acids is 2. The minimum absolute atomic E-state index is 0.0158. The second-order valence-electron chi connectivity index (χ2n) is 9.85. The predicted molar refractivity (Wildman–Crippen MR) is 156 cm³/mol. The Morgan fingerprint density at radius 3 is 2.40 bits per heavy atom. The molecule has 0 saturated heterocycles. The maximum atomic E-state index is 13.0. The Morgan fingerprint density at radius 1 is 1.02 bits per heavy atom. The highest BCUT2D eigenvalue weighted by molar-refractivity contribution is 7.09. The van der Waals surface area contributed by atoms with E-state index in [0.29, 0.717) is 30.0 Å². The van der Waals surface area contributed by atoms with E-state index in [0.717, 1.165) is 10.4 Å². The van der Waals surface area contributed by atoms with Crippen LogP contribution in [0.1, 0.15) is 59.9 Å². The van der Waals surface area contributed by atoms with Gasteiger partial charge in [0.2, 0.25) is 0 Å². The molecule has 2 heterocycles. The lowest BCUT2D eigenvalue weighted by Gasteiger charge is -2.33. The Kier molecular flexibility index (Phi) is 11.4. The number of aryl methyl sites for hydroxylation is 1. The summed E-state index contributed by atoms with van der Waals surface area (Å²) in [6.07, 6.45) is 0.880. The first-order chi connectivity index (χ1) is 20.4. The number of ether oxygens (including phenoxy) is 2. The Labute approximate surface area is 248 Å². The summed E-state index contributed by atoms with van der Waals surface area (Å²) in [5.41, 5.74) is 6.54. The molecule has 1 unspecified atom stereocenters. The van der Waals surface area contributed by atoms with Gasteiger partial charge in [-0.2, -0.15) is 5.01 Å². The molecule has 0 spiro atoms. The SMILES string of the molecule is CC(C)c1nc(COC(=O)NN(C[C@@H](O)CCc2ccccc2)C(NC(=O)OCc2cncs2)c2ccccc2)co1. The number of hydrogen-bond donors (Lipinski definition) is 3. The van der Waals surface area contributed by atoms with E-state index < -0.39 is 24.5 Å². The van der Waals surface area contributed by atoms with Gasteiger partial charge in [-0.1, -0.05) is 74.5 Å². The Bertz CT molecular complexity index is 1370. The third kappa shape index (κ3) is 9.68. The molecule has 12 heteroatoms. The molecular weight excluding hydrogens is 558 g/mol. The molecule has 0 aliphatic heterocycles. The maximum Gasteiger partial charge on any atom is 0.422 e. The molecule has 2 aromatic heterocycles. The molecule has 222 valence electrons. The van der Waals surface area contributed by atoms with Gasteiger partial charge < -0.3 is 24.3 Å². The van der Waals surface area contributed by atoms with Gasteiger partial charge >= 0.3 is 12.2 Å². The van der Waals surface area contributed by atoms with Crippen LogP contribution in [0.4, 0.5) is 9.59 Å². The molecular formula is C30H35N5O6S. The van der Waals surface area contributed by atoms with E-state index in [4.69, 9.17) is 13.9 Å². The summed E-state index contributed by atoms with van der Waals surface area (Å²) >= 11 is 1.37. The van der Waals surface area contributed by atoms with Gasteiger partial charge in [-0.15, -0.1) is 11.3 Å². The van der Waals surface area contributed by atoms with Crippen LogP contribution in [0.5, 0.6) is 0 Å². The van der Waals surface area contributed by atoms with Crippen molar-refractivity contribution in [1.29, 1.82) is 0 Å². The van der Waals surface area contributed by atoms with Crippen LogP contribution in [0, 0.1) is 0 Å². The number of amides is 2. The molecule has 4 aromatic rings. The minimum Gasteiger partial charge on any atom is -0.448 e. The van der Waals surface area contributed by atoms with Crippen LogP contribution in [-0.2, 0) is 29.1 Å². The van der Waals surface area contributed by atoms with Crippen LogP contribution in [0.15, 0.2) is 83.1 Å². The number of nitrogens with one attached hydrogen (secondary N) is 2. The van der Waals surface area contributed by atoms with Gasteiger partial charge in [0.25, 0.3) is 0 Å². The van der Waals surface area contributed by atoms with E-state index in [1.165, 1.54) is 22.6 Å². The molecule has 2 aromatic carbocycles. The summed E-state index contributed by atoms with van der Waals surface area (Å²) in [6.45, 7) is 3.81. The Balaban J connectivity index is 1.48. The van der Waals surface area contributed by atoms with Crippen molar-refractivity contribution in [1.82, 2.24) is 25.7 Å². The molecule has 42 heavy (non-hydrogen) atoms. The van der Waals surface area contributed by atoms with Crippen LogP contribution in [0.25, 0.3) is 0 Å². The van der Waals surface area contributed by atoms with E-state index in [2.05, 4.69) is 20.7 Å². The van der Waals surface area contributed by atoms with Crippen molar-refractivity contribution >= 4 is 23.5 Å². The molecule has 2 amide bonds. The fraction of sp³-hybridized carbons (Fsp3) is 0.333. The summed E-state index contributed by atoms with van der Waals surface area (Å²) in [4.78, 5) is 34.9. The number of hydrogen-bond acceptors (Lipinski definition) is 10. The number of nitrogens with zero attached hydrogens (tertiary/aromatic N) is 3. The number of carbonyl (C=O) groups is 2. The molecule has 2 atom stereocenters. The molecule has 11 nitrogen and oxygen atoms in total. The number of thiazole rings is 1. The number of aromatic nitrogens is 2. The van der Waals surface area contributed by atoms with Gasteiger partial charge in [-0.3, -0.25) is 10.4 Å². The summed E-state index contributed by atoms with van der Waals surface area (Å²) in [5.74, 6) is 0.635. The summed E-state index contributed by atoms with van der Waals surface area (Å²) in [5, 5.41) is 15.3. The molecule has 0 saturated carbocycles. The highest BCUT2D eigenvalue weighted by Crippen LogP contribution is 2.19. The van der Waals surface area contributed by atoms with Gasteiger partial charge in [-0.05, 0) is 24.0 Å². The lowest BCUT2D eigenvalue weighted by molar-refractivity contribution is 0.0228. The zero-order valence-electron chi connectivity index (χ0n) is 23.5. The van der Waals surface area contributed by atoms with E-state index in [1.54, 1.807) is 23.8 Å². The number of benzene rings is 2. The Hall–Kier alpha value is -4.26. The highest BCUT2D eigenvalue weighted by Gasteiger charge is 2.27. The van der Waals surface area contributed by atoms with Crippen molar-refractivity contribution in [2.24, 2.45) is 0 Å². The van der Waals surface area contributed by atoms with Gasteiger partial charge in [0.1, 0.15) is 31.3 Å². The van der Waals surface area contributed by atoms with Crippen molar-refractivity contribution in [3.63, 3.8) is 0 Å². The first-order valence-corrected chi connectivity index (χ1v) is 14.5. The first kappa shape index (κ1) is 30.7. The zero-order valence-corrected chi connectivity index (χ0v) is 24.3. The van der Waals surface area contributed by atoms with Crippen LogP contribution in [-0.4, -0.2) is 44.9 Å². The summed E-state index contributed by atoms with van der Waals surface area (Å²) in [6, 6.07) is 18.9. The van der Waals surface area contributed by atoms with Crippen molar-refractivity contribution in [3.05, 3.63) is 106 Å². The third-order valence-corrected chi connectivity index (χ3v) is 6.93. The van der Waals surface area contributed by atoms with Gasteiger partial charge in [0.15, 0.2) is 5.89 Å². The molecule has 0 aliphatic rings. The number of alkyl carbamates (subject to hydrolysis) is 1. The van der Waals surface area contributed by atoms with Crippen LogP contribution in [0.2, 0.25) is 0 Å². The van der Waals surface area contributed by atoms with Crippen molar-refractivity contribution in [2.45, 2.75) is 58.1 Å². The lowest BCUT2D eigenvalue weighted by Crippen LogP contribution is -2.53. The molecule has 4 rings (SSSR count). The first-order valence-electron chi connectivity index (χ1n) is 13.6. The largest absolute Gasteiger partial charge is 0.448 e. The van der Waals surface area contributed by atoms with E-state index >= 15 is 0 Å². The normalized spacial score (nSPS) is 12.6. The minimum atomic E-state index is -0.890. The number of rotatable bonds is 14. The quantitative estimate of drug-likeness (QED) is 0.131. The molecule has 0 radical (unpaired) electrons. The topological polar surface area (TPSA) is 139 Å². The second kappa shape index (κ2) is 15.7. The van der Waals surface area contributed by atoms with E-state index in [-0.39, 0.29) is 25.7 Å². The van der Waals surface area contributed by atoms with Crippen molar-refractivity contribution < 1.29 is 28.6 Å². The molecule has 3 N–H and O–H groups in total. The fourth-order valence-electron chi connectivity index (χ4n) is 4.03. The Morgan fingerprint density at radius 2 is 1.74 bits per heavy atom. The van der Waals surface area contributed by atoms with Gasteiger partial charge in [0.05, 0.1) is 16.5 Å². The molecule has 0 fully saturated rings. The van der Waals surface area contributed by atoms with E-state index in [1.807, 2.05) is 62.4 Å². The third-order valence-electron chi connectivity index (χ3n) is 6.18. The van der Waals surface area contributed by atoms with Crippen LogP contribution >= 0.6 is 11.3 Å². The highest BCUT2D eigenvalue weighted by atomic mass is 32.1. The summed E-state index contributed by atoms with van der Waals surface area (Å²) in [7, 11) is 0. The number of hydrazine groups is 1. The lowest BCUT2D eigenvalue weighted by atomic mass is 10.1. The molecule has 0 aliphatic carbocycles. The predicted octanol–water partition coefficient (Wildman–Crippen LogP) is 5.32. The number of oxazole rings is 1. The number of aliphatic hydroxyl groups excluding tert-OH is 1. The average Bonchev–Trinajstić information content (AvgIpc) is 3.70. The van der Waals surface area contributed by atoms with Crippen LogP contribution < -0.4 is 10.7 Å². The number of aliphatic hydroxyl groups is 1. The van der Waals surface area contributed by atoms with Crippen molar-refractivity contribution in [2.75, 3.05) is 6.54 Å². The summed E-state index contributed by atoms with van der Waals surface area (Å²) < 4.78 is 16.2. The maximum absolute atomic E-state index is 13.0. The van der Waals surface area contributed by atoms with Crippen molar-refractivity contribution in [3.8, 4) is 0 Å². The molecule has 0 bridgehead atoms.